The maximum absolute atomic E-state index is 5.23. The number of hydrogen-bond acceptors (Lipinski definition) is 4. The summed E-state index contributed by atoms with van der Waals surface area (Å²) in [6.45, 7) is 0. The van der Waals surface area contributed by atoms with E-state index in [-0.39, 0.29) is 0 Å². The van der Waals surface area contributed by atoms with Gasteiger partial charge in [-0.3, -0.25) is 9.13 Å². The molecule has 11 rings (SSSR count). The van der Waals surface area contributed by atoms with Crippen LogP contribution in [0.2, 0.25) is 0 Å². The summed E-state index contributed by atoms with van der Waals surface area (Å²) in [6.07, 6.45) is 0. The van der Waals surface area contributed by atoms with Gasteiger partial charge in [-0.2, -0.15) is 0 Å². The number of nitrogens with zero attached hydrogens (tertiary/aromatic N) is 5. The summed E-state index contributed by atoms with van der Waals surface area (Å²) in [7, 11) is 0. The number of benzene rings is 7. The minimum Gasteiger partial charge on any atom is -0.294 e. The fourth-order valence-electron chi connectivity index (χ4n) is 7.81. The molecule has 0 unspecified atom stereocenters. The van der Waals surface area contributed by atoms with Crippen molar-refractivity contribution in [2.45, 2.75) is 9.79 Å². The molecule has 0 saturated carbocycles. The molecule has 0 fully saturated rings. The van der Waals surface area contributed by atoms with Crippen molar-refractivity contribution in [3.8, 4) is 56.7 Å². The Morgan fingerprint density at radius 3 is 1.72 bits per heavy atom. The van der Waals surface area contributed by atoms with E-state index in [1.807, 2.05) is 36.0 Å². The van der Waals surface area contributed by atoms with Crippen LogP contribution in [0, 0.1) is 0 Å². The van der Waals surface area contributed by atoms with E-state index in [1.54, 1.807) is 0 Å². The van der Waals surface area contributed by atoms with Gasteiger partial charge < -0.3 is 0 Å². The lowest BCUT2D eigenvalue weighted by atomic mass is 10.0. The molecule has 0 bridgehead atoms. The number of fused-ring (bicyclic) bond motifs is 7. The minimum absolute atomic E-state index is 0.619. The highest BCUT2D eigenvalue weighted by atomic mass is 32.2. The molecule has 0 aliphatic carbocycles. The maximum Gasteiger partial charge on any atom is 0.166 e. The zero-order valence-corrected chi connectivity index (χ0v) is 29.2. The molecule has 0 amide bonds. The second-order valence-corrected chi connectivity index (χ2v) is 14.3. The quantitative estimate of drug-likeness (QED) is 0.180. The molecule has 53 heavy (non-hydrogen) atoms. The average molecular weight is 696 g/mol. The molecular weight excluding hydrogens is 667 g/mol. The van der Waals surface area contributed by atoms with Gasteiger partial charge >= 0.3 is 0 Å². The topological polar surface area (TPSA) is 48.5 Å². The molecule has 1 aliphatic rings. The average Bonchev–Trinajstić information content (AvgIpc) is 3.75. The summed E-state index contributed by atoms with van der Waals surface area (Å²) in [5, 5.41) is 3.70. The lowest BCUT2D eigenvalue weighted by Crippen LogP contribution is -2.07. The lowest BCUT2D eigenvalue weighted by Gasteiger charge is -2.21. The van der Waals surface area contributed by atoms with Crippen molar-refractivity contribution in [2.24, 2.45) is 0 Å². The van der Waals surface area contributed by atoms with E-state index < -0.39 is 0 Å². The Kier molecular flexibility index (Phi) is 6.72. The molecule has 0 spiro atoms. The van der Waals surface area contributed by atoms with Crippen LogP contribution >= 0.6 is 11.8 Å². The molecule has 3 aromatic heterocycles. The Morgan fingerprint density at radius 2 is 0.925 bits per heavy atom. The Bertz CT molecular complexity index is 3020. The van der Waals surface area contributed by atoms with Gasteiger partial charge in [-0.1, -0.05) is 151 Å². The van der Waals surface area contributed by atoms with E-state index in [1.165, 1.54) is 42.7 Å². The first-order valence-corrected chi connectivity index (χ1v) is 18.5. The minimum atomic E-state index is 0.619. The van der Waals surface area contributed by atoms with Gasteiger partial charge in [0, 0.05) is 42.6 Å². The zero-order chi connectivity index (χ0) is 34.9. The molecule has 5 nitrogen and oxygen atoms in total. The van der Waals surface area contributed by atoms with E-state index >= 15 is 0 Å². The van der Waals surface area contributed by atoms with Crippen LogP contribution in [0.15, 0.2) is 186 Å². The van der Waals surface area contributed by atoms with Gasteiger partial charge in [-0.25, -0.2) is 15.0 Å². The van der Waals surface area contributed by atoms with Crippen LogP contribution in [0.4, 0.5) is 0 Å². The Hall–Kier alpha value is -6.76. The first-order valence-electron chi connectivity index (χ1n) is 17.7. The van der Waals surface area contributed by atoms with E-state index in [0.717, 1.165) is 39.1 Å². The highest BCUT2D eigenvalue weighted by Crippen LogP contribution is 2.49. The molecule has 1 aliphatic heterocycles. The first kappa shape index (κ1) is 29.9. The van der Waals surface area contributed by atoms with Crippen LogP contribution in [0.1, 0.15) is 0 Å². The molecule has 0 atom stereocenters. The molecule has 0 saturated heterocycles. The van der Waals surface area contributed by atoms with Crippen LogP contribution in [0.25, 0.3) is 89.5 Å². The van der Waals surface area contributed by atoms with Crippen molar-refractivity contribution in [2.75, 3.05) is 0 Å². The fourth-order valence-corrected chi connectivity index (χ4v) is 8.91. The summed E-state index contributed by atoms with van der Waals surface area (Å²) >= 11 is 1.84. The maximum atomic E-state index is 5.23. The van der Waals surface area contributed by atoms with Gasteiger partial charge in [0.15, 0.2) is 17.5 Å². The van der Waals surface area contributed by atoms with Gasteiger partial charge in [0.05, 0.1) is 22.4 Å². The van der Waals surface area contributed by atoms with Crippen molar-refractivity contribution in [3.05, 3.63) is 176 Å². The van der Waals surface area contributed by atoms with Crippen molar-refractivity contribution in [3.63, 3.8) is 0 Å². The normalized spacial score (nSPS) is 12.1. The Morgan fingerprint density at radius 1 is 0.377 bits per heavy atom. The van der Waals surface area contributed by atoms with E-state index in [0.29, 0.717) is 17.5 Å². The smallest absolute Gasteiger partial charge is 0.166 e. The first-order chi connectivity index (χ1) is 26.3. The highest BCUT2D eigenvalue weighted by molar-refractivity contribution is 7.99. The van der Waals surface area contributed by atoms with Crippen LogP contribution in [-0.4, -0.2) is 24.1 Å². The summed E-state index contributed by atoms with van der Waals surface area (Å²) in [6, 6.07) is 61.7. The van der Waals surface area contributed by atoms with Gasteiger partial charge in [-0.15, -0.1) is 0 Å². The zero-order valence-electron chi connectivity index (χ0n) is 28.4. The van der Waals surface area contributed by atoms with Crippen molar-refractivity contribution in [1.82, 2.24) is 24.1 Å². The Labute approximate surface area is 309 Å². The van der Waals surface area contributed by atoms with Gasteiger partial charge in [0.25, 0.3) is 0 Å². The second kappa shape index (κ2) is 11.9. The monoisotopic (exact) mass is 695 g/mol. The molecule has 0 radical (unpaired) electrons. The number of hydrogen-bond donors (Lipinski definition) is 0. The molecule has 4 heterocycles. The van der Waals surface area contributed by atoms with Crippen LogP contribution < -0.4 is 0 Å². The SMILES string of the molecule is c1ccc(-c2ccc(-c3nc(-c4ccccc4)nc(-c4ccccc4-n4c5ccccc5c5c6cccc7c6n(c54)-c4ccccc4S7)n3)cc2)cc1. The lowest BCUT2D eigenvalue weighted by molar-refractivity contribution is 1.02. The largest absolute Gasteiger partial charge is 0.294 e. The third-order valence-corrected chi connectivity index (χ3v) is 11.3. The summed E-state index contributed by atoms with van der Waals surface area (Å²) in [5.41, 5.74) is 10.8. The predicted octanol–water partition coefficient (Wildman–Crippen LogP) is 12.0. The van der Waals surface area contributed by atoms with Gasteiger partial charge in [0.1, 0.15) is 5.65 Å². The van der Waals surface area contributed by atoms with E-state index in [9.17, 15) is 0 Å². The number of para-hydroxylation sites is 4. The number of rotatable bonds is 5. The standard InChI is InChI=1S/C47H29N5S/c1-3-14-30(15-4-1)31-26-28-33(29-27-31)45-48-44(32-16-5-2-6-17-32)49-46(50-45)35-19-8-10-22-38(35)51-37-21-9-7-18-34(37)42-36-20-13-25-41-43(36)52(47(42)51)39-23-11-12-24-40(39)53-41/h1-29H. The second-order valence-electron chi connectivity index (χ2n) is 13.2. The molecular formula is C47H29N5S. The summed E-state index contributed by atoms with van der Waals surface area (Å²) < 4.78 is 4.88. The van der Waals surface area contributed by atoms with Gasteiger partial charge in [-0.05, 0) is 47.5 Å². The Balaban J connectivity index is 1.18. The summed E-state index contributed by atoms with van der Waals surface area (Å²) in [4.78, 5) is 18.0. The van der Waals surface area contributed by atoms with E-state index in [2.05, 4.69) is 161 Å². The van der Waals surface area contributed by atoms with Crippen LogP contribution in [0.3, 0.4) is 0 Å². The van der Waals surface area contributed by atoms with Crippen molar-refractivity contribution < 1.29 is 0 Å². The van der Waals surface area contributed by atoms with Gasteiger partial charge in [0.2, 0.25) is 0 Å². The van der Waals surface area contributed by atoms with Crippen LogP contribution in [-0.2, 0) is 0 Å². The van der Waals surface area contributed by atoms with Crippen molar-refractivity contribution >= 4 is 44.6 Å². The molecule has 248 valence electrons. The van der Waals surface area contributed by atoms with Crippen molar-refractivity contribution in [1.29, 1.82) is 0 Å². The van der Waals surface area contributed by atoms with E-state index in [4.69, 9.17) is 15.0 Å². The third-order valence-electron chi connectivity index (χ3n) is 10.2. The molecule has 0 N–H and O–H groups in total. The third kappa shape index (κ3) is 4.69. The molecule has 6 heteroatoms. The van der Waals surface area contributed by atoms with Crippen LogP contribution in [0.5, 0.6) is 0 Å². The summed E-state index contributed by atoms with van der Waals surface area (Å²) in [5.74, 6) is 1.88. The molecule has 10 aromatic rings. The molecule has 7 aromatic carbocycles. The highest BCUT2D eigenvalue weighted by Gasteiger charge is 2.28. The fraction of sp³-hybridized carbons (Fsp3) is 0. The number of aromatic nitrogens is 5. The predicted molar refractivity (Wildman–Crippen MR) is 217 cm³/mol.